The highest BCUT2D eigenvalue weighted by atomic mass is 32.2. The molecule has 0 fully saturated rings. The van der Waals surface area contributed by atoms with Crippen molar-refractivity contribution in [1.29, 1.82) is 0 Å². The van der Waals surface area contributed by atoms with Gasteiger partial charge in [0.05, 0.1) is 11.1 Å². The average Bonchev–Trinajstić information content (AvgIpc) is 2.27. The number of aryl methyl sites for hydroxylation is 1. The molecular formula is C10H9F3O5S. The molecule has 0 aromatic heterocycles. The Bertz CT molecular complexity index is 543. The van der Waals surface area contributed by atoms with Gasteiger partial charge in [-0.05, 0) is 24.6 Å². The summed E-state index contributed by atoms with van der Waals surface area (Å²) in [5, 5.41) is 0. The molecule has 0 atom stereocenters. The highest BCUT2D eigenvalue weighted by Gasteiger charge is 2.31. The summed E-state index contributed by atoms with van der Waals surface area (Å²) in [5.41, 5.74) is -1.04. The minimum Gasteiger partial charge on any atom is -0.434 e. The Hall–Kier alpha value is -1.61. The lowest BCUT2D eigenvalue weighted by molar-refractivity contribution is -0.137. The average molecular weight is 298 g/mol. The first kappa shape index (κ1) is 15.4. The lowest BCUT2D eigenvalue weighted by Gasteiger charge is -2.10. The molecule has 0 aliphatic heterocycles. The van der Waals surface area contributed by atoms with Crippen LogP contribution in [0.1, 0.15) is 21.5 Å². The van der Waals surface area contributed by atoms with Crippen LogP contribution in [0.4, 0.5) is 13.2 Å². The molecule has 1 aromatic carbocycles. The van der Waals surface area contributed by atoms with Gasteiger partial charge in [-0.2, -0.15) is 13.2 Å². The van der Waals surface area contributed by atoms with Crippen molar-refractivity contribution in [2.24, 2.45) is 0 Å². The SMILES string of the molecule is Cc1ccc(C(F)(F)F)cc1C(=O)OCO[SH](=O)=O. The number of halogens is 3. The summed E-state index contributed by atoms with van der Waals surface area (Å²) < 4.78 is 65.8. The molecule has 1 aromatic rings. The van der Waals surface area contributed by atoms with Crippen molar-refractivity contribution < 1.29 is 35.3 Å². The first-order chi connectivity index (χ1) is 8.71. The molecule has 9 heteroatoms. The van der Waals surface area contributed by atoms with Crippen molar-refractivity contribution in [3.8, 4) is 0 Å². The van der Waals surface area contributed by atoms with Crippen LogP contribution in [-0.2, 0) is 26.1 Å². The van der Waals surface area contributed by atoms with Crippen molar-refractivity contribution in [3.05, 3.63) is 34.9 Å². The summed E-state index contributed by atoms with van der Waals surface area (Å²) in [5.74, 6) is -1.10. The third kappa shape index (κ3) is 4.52. The van der Waals surface area contributed by atoms with E-state index in [2.05, 4.69) is 8.92 Å². The Balaban J connectivity index is 2.90. The molecular weight excluding hydrogens is 289 g/mol. The number of carbonyl (C=O) groups is 1. The number of rotatable bonds is 4. The molecule has 1 rings (SSSR count). The van der Waals surface area contributed by atoms with Crippen LogP contribution in [0.25, 0.3) is 0 Å². The lowest BCUT2D eigenvalue weighted by atomic mass is 10.0. The van der Waals surface area contributed by atoms with Crippen molar-refractivity contribution in [1.82, 2.24) is 0 Å². The highest BCUT2D eigenvalue weighted by Crippen LogP contribution is 2.30. The van der Waals surface area contributed by atoms with E-state index in [0.29, 0.717) is 6.07 Å². The van der Waals surface area contributed by atoms with E-state index in [-0.39, 0.29) is 11.1 Å². The van der Waals surface area contributed by atoms with Crippen molar-refractivity contribution in [3.63, 3.8) is 0 Å². The van der Waals surface area contributed by atoms with E-state index in [0.717, 1.165) is 12.1 Å². The fourth-order valence-corrected chi connectivity index (χ4v) is 1.36. The number of thiol groups is 1. The van der Waals surface area contributed by atoms with Crippen LogP contribution in [0.15, 0.2) is 18.2 Å². The third-order valence-corrected chi connectivity index (χ3v) is 2.45. The predicted molar refractivity (Wildman–Crippen MR) is 57.9 cm³/mol. The van der Waals surface area contributed by atoms with Gasteiger partial charge in [-0.3, -0.25) is 0 Å². The van der Waals surface area contributed by atoms with Gasteiger partial charge in [0.15, 0.2) is 0 Å². The monoisotopic (exact) mass is 298 g/mol. The largest absolute Gasteiger partial charge is 0.434 e. The lowest BCUT2D eigenvalue weighted by Crippen LogP contribution is -2.12. The molecule has 106 valence electrons. The zero-order chi connectivity index (χ0) is 14.6. The molecule has 0 aliphatic carbocycles. The minimum atomic E-state index is -4.59. The maximum Gasteiger partial charge on any atom is 0.416 e. The topological polar surface area (TPSA) is 69.7 Å². The van der Waals surface area contributed by atoms with Gasteiger partial charge in [0, 0.05) is 0 Å². The van der Waals surface area contributed by atoms with Gasteiger partial charge in [-0.1, -0.05) is 6.07 Å². The number of esters is 1. The molecule has 0 unspecified atom stereocenters. The third-order valence-electron chi connectivity index (χ3n) is 2.13. The van der Waals surface area contributed by atoms with Crippen molar-refractivity contribution in [2.45, 2.75) is 13.1 Å². The first-order valence-corrected chi connectivity index (χ1v) is 5.93. The molecule has 0 spiro atoms. The fraction of sp³-hybridized carbons (Fsp3) is 0.300. The summed E-state index contributed by atoms with van der Waals surface area (Å²) in [4.78, 5) is 11.5. The van der Waals surface area contributed by atoms with Gasteiger partial charge in [0.25, 0.3) is 11.0 Å². The fourth-order valence-electron chi connectivity index (χ4n) is 1.22. The van der Waals surface area contributed by atoms with E-state index >= 15 is 0 Å². The number of carbonyl (C=O) groups excluding carboxylic acids is 1. The van der Waals surface area contributed by atoms with Gasteiger partial charge in [0.1, 0.15) is 0 Å². The maximum atomic E-state index is 12.5. The molecule has 0 saturated carbocycles. The zero-order valence-corrected chi connectivity index (χ0v) is 10.5. The normalized spacial score (nSPS) is 11.6. The maximum absolute atomic E-state index is 12.5. The molecule has 0 radical (unpaired) electrons. The number of ether oxygens (including phenoxy) is 1. The molecule has 5 nitrogen and oxygen atoms in total. The summed E-state index contributed by atoms with van der Waals surface area (Å²) in [6.45, 7) is 0.541. The van der Waals surface area contributed by atoms with E-state index < -0.39 is 35.5 Å². The van der Waals surface area contributed by atoms with Crippen LogP contribution < -0.4 is 0 Å². The first-order valence-electron chi connectivity index (χ1n) is 4.84. The molecule has 0 aliphatic rings. The number of benzene rings is 1. The van der Waals surface area contributed by atoms with Crippen molar-refractivity contribution in [2.75, 3.05) is 6.79 Å². The van der Waals surface area contributed by atoms with Crippen LogP contribution in [-0.4, -0.2) is 21.2 Å². The number of hydrogen-bond donors (Lipinski definition) is 1. The van der Waals surface area contributed by atoms with Gasteiger partial charge in [0.2, 0.25) is 6.79 Å². The Kier molecular flexibility index (Phi) is 4.90. The summed E-state index contributed by atoms with van der Waals surface area (Å²) in [6.07, 6.45) is -4.59. The minimum absolute atomic E-state index is 0.268. The second kappa shape index (κ2) is 6.02. The second-order valence-electron chi connectivity index (χ2n) is 3.43. The van der Waals surface area contributed by atoms with E-state index in [1.165, 1.54) is 6.92 Å². The van der Waals surface area contributed by atoms with Gasteiger partial charge in [-0.25, -0.2) is 17.4 Å². The molecule has 0 saturated heterocycles. The summed E-state index contributed by atoms with van der Waals surface area (Å²) in [6, 6.07) is 2.58. The van der Waals surface area contributed by atoms with Crippen LogP contribution in [0.2, 0.25) is 0 Å². The Morgan fingerprint density at radius 2 is 1.95 bits per heavy atom. The van der Waals surface area contributed by atoms with Gasteiger partial charge >= 0.3 is 12.1 Å². The predicted octanol–water partition coefficient (Wildman–Crippen LogP) is 1.67. The van der Waals surface area contributed by atoms with Crippen molar-refractivity contribution >= 4 is 17.0 Å². The van der Waals surface area contributed by atoms with Crippen LogP contribution in [0.3, 0.4) is 0 Å². The number of hydrogen-bond acceptors (Lipinski definition) is 5. The smallest absolute Gasteiger partial charge is 0.416 e. The number of alkyl halides is 3. The zero-order valence-electron chi connectivity index (χ0n) is 9.56. The highest BCUT2D eigenvalue weighted by molar-refractivity contribution is 7.67. The quantitative estimate of drug-likeness (QED) is 0.520. The van der Waals surface area contributed by atoms with Crippen LogP contribution >= 0.6 is 0 Å². The summed E-state index contributed by atoms with van der Waals surface area (Å²) in [7, 11) is -3.19. The Morgan fingerprint density at radius 1 is 1.32 bits per heavy atom. The Labute approximate surface area is 108 Å². The van der Waals surface area contributed by atoms with Crippen LogP contribution in [0, 0.1) is 6.92 Å². The van der Waals surface area contributed by atoms with E-state index in [4.69, 9.17) is 0 Å². The van der Waals surface area contributed by atoms with E-state index in [1.807, 2.05) is 0 Å². The van der Waals surface area contributed by atoms with Gasteiger partial charge < -0.3 is 4.74 Å². The van der Waals surface area contributed by atoms with E-state index in [9.17, 15) is 26.4 Å². The molecule has 0 amide bonds. The van der Waals surface area contributed by atoms with E-state index in [1.54, 1.807) is 0 Å². The van der Waals surface area contributed by atoms with Crippen LogP contribution in [0.5, 0.6) is 0 Å². The van der Waals surface area contributed by atoms with Gasteiger partial charge in [-0.15, -0.1) is 0 Å². The standard InChI is InChI=1S/C10H9F3O5S/c1-6-2-3-7(10(11,12)13)4-8(6)9(14)17-5-18-19(15)16/h2-4,19H,5H2,1H3. The Morgan fingerprint density at radius 3 is 2.47 bits per heavy atom. The molecule has 0 heterocycles. The molecule has 0 bridgehead atoms. The summed E-state index contributed by atoms with van der Waals surface area (Å²) >= 11 is 0. The molecule has 0 N–H and O–H groups in total. The second-order valence-corrected chi connectivity index (χ2v) is 4.14. The molecule has 19 heavy (non-hydrogen) atoms.